The summed E-state index contributed by atoms with van der Waals surface area (Å²) in [6.07, 6.45) is 2.26. The largest absolute Gasteiger partial charge is 0.497 e. The Hall–Kier alpha value is -2.69. The molecule has 2 aromatic heterocycles. The standard InChI is InChI=1S/C17H17NO4/c1-11-14-10-13(20-2)5-6-15(14)22-16(11)17(19)18-8-7-12-4-3-9-21-12/h3-6,9-10H,7-8H2,1-2H3,(H,18,19). The van der Waals surface area contributed by atoms with Gasteiger partial charge >= 0.3 is 0 Å². The molecule has 3 rings (SSSR count). The quantitative estimate of drug-likeness (QED) is 0.785. The Morgan fingerprint density at radius 3 is 2.91 bits per heavy atom. The second kappa shape index (κ2) is 5.97. The Labute approximate surface area is 127 Å². The van der Waals surface area contributed by atoms with Gasteiger partial charge in [-0.15, -0.1) is 0 Å². The van der Waals surface area contributed by atoms with Gasteiger partial charge < -0.3 is 18.9 Å². The van der Waals surface area contributed by atoms with Gasteiger partial charge in [0.15, 0.2) is 5.76 Å². The molecule has 0 unspecified atom stereocenters. The molecule has 0 saturated heterocycles. The summed E-state index contributed by atoms with van der Waals surface area (Å²) >= 11 is 0. The maximum Gasteiger partial charge on any atom is 0.287 e. The van der Waals surface area contributed by atoms with Gasteiger partial charge in [0.1, 0.15) is 17.1 Å². The van der Waals surface area contributed by atoms with Crippen molar-refractivity contribution in [1.29, 1.82) is 0 Å². The summed E-state index contributed by atoms with van der Waals surface area (Å²) in [6.45, 7) is 2.36. The molecule has 2 heterocycles. The van der Waals surface area contributed by atoms with Gasteiger partial charge in [0.05, 0.1) is 13.4 Å². The SMILES string of the molecule is COc1ccc2oc(C(=O)NCCc3ccco3)c(C)c2c1. The molecule has 5 nitrogen and oxygen atoms in total. The number of fused-ring (bicyclic) bond motifs is 1. The van der Waals surface area contributed by atoms with Gasteiger partial charge in [0, 0.05) is 23.9 Å². The molecular formula is C17H17NO4. The molecule has 1 aromatic carbocycles. The van der Waals surface area contributed by atoms with Crippen molar-refractivity contribution in [2.24, 2.45) is 0 Å². The van der Waals surface area contributed by atoms with E-state index in [-0.39, 0.29) is 5.91 Å². The van der Waals surface area contributed by atoms with E-state index in [1.165, 1.54) is 0 Å². The molecular weight excluding hydrogens is 282 g/mol. The zero-order valence-corrected chi connectivity index (χ0v) is 12.5. The lowest BCUT2D eigenvalue weighted by Crippen LogP contribution is -2.25. The highest BCUT2D eigenvalue weighted by Crippen LogP contribution is 2.28. The van der Waals surface area contributed by atoms with E-state index in [1.54, 1.807) is 19.4 Å². The molecule has 0 fully saturated rings. The lowest BCUT2D eigenvalue weighted by Gasteiger charge is -2.02. The minimum Gasteiger partial charge on any atom is -0.497 e. The van der Waals surface area contributed by atoms with E-state index in [4.69, 9.17) is 13.6 Å². The van der Waals surface area contributed by atoms with Crippen LogP contribution in [0.2, 0.25) is 0 Å². The van der Waals surface area contributed by atoms with Crippen LogP contribution in [0.4, 0.5) is 0 Å². The molecule has 0 spiro atoms. The maximum atomic E-state index is 12.3. The molecule has 0 aliphatic carbocycles. The van der Waals surface area contributed by atoms with Gasteiger partial charge in [-0.05, 0) is 37.3 Å². The number of benzene rings is 1. The number of amides is 1. The molecule has 3 aromatic rings. The Balaban J connectivity index is 1.74. The van der Waals surface area contributed by atoms with Crippen LogP contribution in [-0.4, -0.2) is 19.6 Å². The second-order valence-electron chi connectivity index (χ2n) is 5.00. The van der Waals surface area contributed by atoms with E-state index in [0.717, 1.165) is 22.5 Å². The fourth-order valence-corrected chi connectivity index (χ4v) is 2.38. The van der Waals surface area contributed by atoms with Crippen LogP contribution in [0, 0.1) is 6.92 Å². The van der Waals surface area contributed by atoms with E-state index in [0.29, 0.717) is 24.3 Å². The van der Waals surface area contributed by atoms with Gasteiger partial charge in [-0.3, -0.25) is 4.79 Å². The highest BCUT2D eigenvalue weighted by atomic mass is 16.5. The number of ether oxygens (including phenoxy) is 1. The van der Waals surface area contributed by atoms with Gasteiger partial charge in [-0.25, -0.2) is 0 Å². The Kier molecular flexibility index (Phi) is 3.87. The van der Waals surface area contributed by atoms with Crippen molar-refractivity contribution >= 4 is 16.9 Å². The van der Waals surface area contributed by atoms with Crippen LogP contribution < -0.4 is 10.1 Å². The van der Waals surface area contributed by atoms with Gasteiger partial charge in [0.25, 0.3) is 5.91 Å². The lowest BCUT2D eigenvalue weighted by atomic mass is 10.1. The number of nitrogens with one attached hydrogen (secondary N) is 1. The van der Waals surface area contributed by atoms with Crippen LogP contribution in [0.1, 0.15) is 21.9 Å². The topological polar surface area (TPSA) is 64.6 Å². The minimum atomic E-state index is -0.223. The number of methoxy groups -OCH3 is 1. The predicted octanol–water partition coefficient (Wildman–Crippen LogP) is 3.32. The average Bonchev–Trinajstić information content (AvgIpc) is 3.15. The van der Waals surface area contributed by atoms with Crippen molar-refractivity contribution in [2.45, 2.75) is 13.3 Å². The van der Waals surface area contributed by atoms with Crippen LogP contribution in [0.3, 0.4) is 0 Å². The normalized spacial score (nSPS) is 10.8. The first-order chi connectivity index (χ1) is 10.7. The number of hydrogen-bond donors (Lipinski definition) is 1. The molecule has 1 N–H and O–H groups in total. The van der Waals surface area contributed by atoms with E-state index < -0.39 is 0 Å². The summed E-state index contributed by atoms with van der Waals surface area (Å²) in [5.74, 6) is 1.69. The fraction of sp³-hybridized carbons (Fsp3) is 0.235. The number of hydrogen-bond acceptors (Lipinski definition) is 4. The second-order valence-corrected chi connectivity index (χ2v) is 5.00. The maximum absolute atomic E-state index is 12.3. The van der Waals surface area contributed by atoms with Crippen LogP contribution >= 0.6 is 0 Å². The average molecular weight is 299 g/mol. The zero-order valence-electron chi connectivity index (χ0n) is 12.5. The summed E-state index contributed by atoms with van der Waals surface area (Å²) in [7, 11) is 1.61. The minimum absolute atomic E-state index is 0.223. The molecule has 22 heavy (non-hydrogen) atoms. The highest BCUT2D eigenvalue weighted by Gasteiger charge is 2.17. The zero-order chi connectivity index (χ0) is 15.5. The van der Waals surface area contributed by atoms with Gasteiger partial charge in [-0.1, -0.05) is 0 Å². The number of carbonyl (C=O) groups is 1. The van der Waals surface area contributed by atoms with Crippen molar-refractivity contribution in [2.75, 3.05) is 13.7 Å². The first kappa shape index (κ1) is 14.3. The number of carbonyl (C=O) groups excluding carboxylic acids is 1. The summed E-state index contributed by atoms with van der Waals surface area (Å²) in [6, 6.07) is 9.19. The van der Waals surface area contributed by atoms with Crippen LogP contribution in [-0.2, 0) is 6.42 Å². The number of furan rings is 2. The van der Waals surface area contributed by atoms with Crippen molar-refractivity contribution in [3.8, 4) is 5.75 Å². The smallest absolute Gasteiger partial charge is 0.287 e. The molecule has 0 bridgehead atoms. The Bertz CT molecular complexity index is 786. The summed E-state index contributed by atoms with van der Waals surface area (Å²) in [5.41, 5.74) is 1.49. The summed E-state index contributed by atoms with van der Waals surface area (Å²) < 4.78 is 16.1. The Morgan fingerprint density at radius 2 is 2.18 bits per heavy atom. The van der Waals surface area contributed by atoms with Crippen LogP contribution in [0.25, 0.3) is 11.0 Å². The van der Waals surface area contributed by atoms with Gasteiger partial charge in [-0.2, -0.15) is 0 Å². The van der Waals surface area contributed by atoms with Crippen molar-refractivity contribution in [1.82, 2.24) is 5.32 Å². The third-order valence-electron chi connectivity index (χ3n) is 3.59. The third kappa shape index (κ3) is 2.70. The van der Waals surface area contributed by atoms with Crippen molar-refractivity contribution < 1.29 is 18.4 Å². The molecule has 0 radical (unpaired) electrons. The van der Waals surface area contributed by atoms with Gasteiger partial charge in [0.2, 0.25) is 0 Å². The summed E-state index contributed by atoms with van der Waals surface area (Å²) in [4.78, 5) is 12.3. The van der Waals surface area contributed by atoms with E-state index in [1.807, 2.05) is 31.2 Å². The molecule has 5 heteroatoms. The first-order valence-corrected chi connectivity index (χ1v) is 7.07. The van der Waals surface area contributed by atoms with Crippen molar-refractivity contribution in [3.63, 3.8) is 0 Å². The molecule has 0 aliphatic rings. The van der Waals surface area contributed by atoms with E-state index in [2.05, 4.69) is 5.32 Å². The van der Waals surface area contributed by atoms with Crippen molar-refractivity contribution in [3.05, 3.63) is 53.7 Å². The lowest BCUT2D eigenvalue weighted by molar-refractivity contribution is 0.0927. The molecule has 1 amide bonds. The van der Waals surface area contributed by atoms with E-state index >= 15 is 0 Å². The van der Waals surface area contributed by atoms with Crippen LogP contribution in [0.15, 0.2) is 45.4 Å². The monoisotopic (exact) mass is 299 g/mol. The molecule has 0 atom stereocenters. The Morgan fingerprint density at radius 1 is 1.32 bits per heavy atom. The molecule has 114 valence electrons. The molecule has 0 aliphatic heterocycles. The number of aryl methyl sites for hydroxylation is 1. The summed E-state index contributed by atoms with van der Waals surface area (Å²) in [5, 5.41) is 3.73. The first-order valence-electron chi connectivity index (χ1n) is 7.07. The highest BCUT2D eigenvalue weighted by molar-refractivity contribution is 5.99. The molecule has 0 saturated carbocycles. The third-order valence-corrected chi connectivity index (χ3v) is 3.59. The predicted molar refractivity (Wildman–Crippen MR) is 82.2 cm³/mol. The van der Waals surface area contributed by atoms with Crippen LogP contribution in [0.5, 0.6) is 5.75 Å². The fourth-order valence-electron chi connectivity index (χ4n) is 2.38. The number of rotatable bonds is 5. The van der Waals surface area contributed by atoms with E-state index in [9.17, 15) is 4.79 Å².